The molecule has 0 aromatic heterocycles. The van der Waals surface area contributed by atoms with Crippen LogP contribution in [0.4, 0.5) is 5.69 Å². The van der Waals surface area contributed by atoms with Crippen LogP contribution >= 0.6 is 0 Å². The molecule has 2 aliphatic rings. The molecule has 23 heavy (non-hydrogen) atoms. The van der Waals surface area contributed by atoms with Gasteiger partial charge in [0.25, 0.3) is 11.8 Å². The van der Waals surface area contributed by atoms with Crippen molar-refractivity contribution in [3.8, 4) is 11.5 Å². The van der Waals surface area contributed by atoms with Crippen LogP contribution < -0.4 is 9.64 Å². The zero-order chi connectivity index (χ0) is 16.7. The Morgan fingerprint density at radius 1 is 1.26 bits per heavy atom. The molecule has 1 aromatic carbocycles. The van der Waals surface area contributed by atoms with Crippen LogP contribution in [-0.2, 0) is 14.3 Å². The molecule has 8 heteroatoms. The molecule has 0 aliphatic carbocycles. The van der Waals surface area contributed by atoms with Gasteiger partial charge in [-0.15, -0.1) is 0 Å². The van der Waals surface area contributed by atoms with Gasteiger partial charge >= 0.3 is 0 Å². The summed E-state index contributed by atoms with van der Waals surface area (Å²) in [4.78, 5) is 39.8. The maximum Gasteiger partial charge on any atom is 0.263 e. The Balaban J connectivity index is 2.22. The molecule has 1 atom stereocenters. The van der Waals surface area contributed by atoms with E-state index in [4.69, 9.17) is 9.47 Å². The molecule has 1 N–H and O–H groups in total. The fourth-order valence-corrected chi connectivity index (χ4v) is 2.98. The Morgan fingerprint density at radius 2 is 2.00 bits per heavy atom. The zero-order valence-electron chi connectivity index (χ0n) is 12.7. The van der Waals surface area contributed by atoms with Gasteiger partial charge in [0.1, 0.15) is 12.8 Å². The molecular formula is C15H16N2O6. The minimum atomic E-state index is -0.842. The minimum absolute atomic E-state index is 0.0898. The van der Waals surface area contributed by atoms with Gasteiger partial charge in [-0.1, -0.05) is 0 Å². The number of phenolic OH excluding ortho intramolecular Hbond substituents is 1. The molecule has 1 fully saturated rings. The molecule has 8 nitrogen and oxygen atoms in total. The molecule has 0 radical (unpaired) electrons. The van der Waals surface area contributed by atoms with Crippen LogP contribution in [0.2, 0.25) is 0 Å². The fraction of sp³-hybridized carbons (Fsp3) is 0.400. The fourth-order valence-electron chi connectivity index (χ4n) is 2.98. The number of nitrogens with zero attached hydrogens (tertiary/aromatic N) is 2. The first kappa shape index (κ1) is 15.3. The van der Waals surface area contributed by atoms with Crippen LogP contribution in [0.1, 0.15) is 23.2 Å². The summed E-state index contributed by atoms with van der Waals surface area (Å²) in [6.07, 6.45) is 0.425. The summed E-state index contributed by atoms with van der Waals surface area (Å²) in [7, 11) is 2.77. The maximum atomic E-state index is 12.8. The predicted molar refractivity (Wildman–Crippen MR) is 78.2 cm³/mol. The lowest BCUT2D eigenvalue weighted by Gasteiger charge is -2.24. The van der Waals surface area contributed by atoms with Crippen LogP contribution in [0.15, 0.2) is 12.1 Å². The molecule has 122 valence electrons. The average Bonchev–Trinajstić information content (AvgIpc) is 2.89. The van der Waals surface area contributed by atoms with Gasteiger partial charge in [0, 0.05) is 19.6 Å². The lowest BCUT2D eigenvalue weighted by molar-refractivity contribution is -0.131. The van der Waals surface area contributed by atoms with E-state index in [0.717, 1.165) is 4.90 Å². The molecule has 1 unspecified atom stereocenters. The number of carbonyl (C=O) groups excluding carboxylic acids is 3. The number of ether oxygens (including phenoxy) is 2. The van der Waals surface area contributed by atoms with Gasteiger partial charge < -0.3 is 14.6 Å². The lowest BCUT2D eigenvalue weighted by Crippen LogP contribution is -2.46. The van der Waals surface area contributed by atoms with Gasteiger partial charge in [-0.05, 0) is 12.5 Å². The van der Waals surface area contributed by atoms with E-state index in [2.05, 4.69) is 0 Å². The smallest absolute Gasteiger partial charge is 0.263 e. The molecule has 0 bridgehead atoms. The van der Waals surface area contributed by atoms with E-state index in [0.29, 0.717) is 0 Å². The standard InChI is InChI=1S/C15H16N2O6/c1-22-7-16-10-6-11(18)12(23-2)5-8(10)14(20)17-9(15(16)21)3-4-13(17)19/h5-6,9,18H,3-4,7H2,1-2H3. The molecule has 0 saturated carbocycles. The maximum absolute atomic E-state index is 12.8. The largest absolute Gasteiger partial charge is 0.504 e. The summed E-state index contributed by atoms with van der Waals surface area (Å²) < 4.78 is 10.1. The molecule has 1 saturated heterocycles. The van der Waals surface area contributed by atoms with Crippen LogP contribution in [0.25, 0.3) is 0 Å². The Hall–Kier alpha value is -2.61. The van der Waals surface area contributed by atoms with Gasteiger partial charge in [-0.3, -0.25) is 24.2 Å². The van der Waals surface area contributed by atoms with Gasteiger partial charge in [-0.25, -0.2) is 0 Å². The number of amides is 3. The van der Waals surface area contributed by atoms with Crippen LogP contribution in [0.3, 0.4) is 0 Å². The van der Waals surface area contributed by atoms with E-state index in [1.807, 2.05) is 0 Å². The third-order valence-corrected chi connectivity index (χ3v) is 4.06. The summed E-state index contributed by atoms with van der Waals surface area (Å²) in [5.74, 6) is -1.48. The highest BCUT2D eigenvalue weighted by Crippen LogP contribution is 2.39. The van der Waals surface area contributed by atoms with Crippen molar-refractivity contribution in [2.24, 2.45) is 0 Å². The number of benzene rings is 1. The molecule has 0 spiro atoms. The van der Waals surface area contributed by atoms with Gasteiger partial charge in [0.15, 0.2) is 11.5 Å². The molecular weight excluding hydrogens is 304 g/mol. The summed E-state index contributed by atoms with van der Waals surface area (Å²) in [5, 5.41) is 9.98. The van der Waals surface area contributed by atoms with Crippen LogP contribution in [-0.4, -0.2) is 54.7 Å². The van der Waals surface area contributed by atoms with Crippen molar-refractivity contribution in [1.29, 1.82) is 0 Å². The molecule has 1 aromatic rings. The number of phenols is 1. The second kappa shape index (κ2) is 5.54. The number of rotatable bonds is 3. The highest BCUT2D eigenvalue weighted by Gasteiger charge is 2.46. The van der Waals surface area contributed by atoms with E-state index >= 15 is 0 Å². The van der Waals surface area contributed by atoms with Crippen molar-refractivity contribution in [1.82, 2.24) is 4.90 Å². The number of methoxy groups -OCH3 is 2. The summed E-state index contributed by atoms with van der Waals surface area (Å²) in [6, 6.07) is 1.76. The number of imide groups is 1. The van der Waals surface area contributed by atoms with Gasteiger partial charge in [0.2, 0.25) is 5.91 Å². The Kier molecular flexibility index (Phi) is 3.69. The Bertz CT molecular complexity index is 701. The normalized spacial score (nSPS) is 20.4. The number of hydrogen-bond acceptors (Lipinski definition) is 6. The molecule has 2 aliphatic heterocycles. The third-order valence-electron chi connectivity index (χ3n) is 4.06. The van der Waals surface area contributed by atoms with E-state index in [9.17, 15) is 19.5 Å². The number of hydrogen-bond donors (Lipinski definition) is 1. The topological polar surface area (TPSA) is 96.4 Å². The molecule has 3 rings (SSSR count). The average molecular weight is 320 g/mol. The number of aromatic hydroxyl groups is 1. The van der Waals surface area contributed by atoms with Crippen molar-refractivity contribution in [2.75, 3.05) is 25.9 Å². The summed E-state index contributed by atoms with van der Waals surface area (Å²) >= 11 is 0. The van der Waals surface area contributed by atoms with Crippen LogP contribution in [0, 0.1) is 0 Å². The van der Waals surface area contributed by atoms with Gasteiger partial charge in [0.05, 0.1) is 18.4 Å². The van der Waals surface area contributed by atoms with Crippen molar-refractivity contribution in [3.63, 3.8) is 0 Å². The van der Waals surface area contributed by atoms with Crippen molar-refractivity contribution in [3.05, 3.63) is 17.7 Å². The van der Waals surface area contributed by atoms with Crippen molar-refractivity contribution >= 4 is 23.4 Å². The molecule has 3 amide bonds. The first-order valence-electron chi connectivity index (χ1n) is 7.07. The van der Waals surface area contributed by atoms with E-state index < -0.39 is 17.9 Å². The first-order chi connectivity index (χ1) is 11.0. The van der Waals surface area contributed by atoms with Crippen molar-refractivity contribution in [2.45, 2.75) is 18.9 Å². The summed E-state index contributed by atoms with van der Waals surface area (Å²) in [6.45, 7) is -0.0938. The lowest BCUT2D eigenvalue weighted by atomic mass is 10.1. The number of fused-ring (bicyclic) bond motifs is 2. The number of anilines is 1. The second-order valence-electron chi connectivity index (χ2n) is 5.35. The predicted octanol–water partition coefficient (Wildman–Crippen LogP) is 0.482. The quantitative estimate of drug-likeness (QED) is 0.814. The first-order valence-corrected chi connectivity index (χ1v) is 7.07. The zero-order valence-corrected chi connectivity index (χ0v) is 12.7. The number of carbonyl (C=O) groups is 3. The highest BCUT2D eigenvalue weighted by atomic mass is 16.5. The monoisotopic (exact) mass is 320 g/mol. The Labute approximate surface area is 132 Å². The van der Waals surface area contributed by atoms with Crippen LogP contribution in [0.5, 0.6) is 11.5 Å². The van der Waals surface area contributed by atoms with E-state index in [-0.39, 0.29) is 48.2 Å². The summed E-state index contributed by atoms with van der Waals surface area (Å²) in [5.41, 5.74) is 0.310. The molecule has 2 heterocycles. The third kappa shape index (κ3) is 2.22. The second-order valence-corrected chi connectivity index (χ2v) is 5.35. The van der Waals surface area contributed by atoms with Gasteiger partial charge in [-0.2, -0.15) is 0 Å². The van der Waals surface area contributed by atoms with E-state index in [1.54, 1.807) is 0 Å². The minimum Gasteiger partial charge on any atom is -0.504 e. The van der Waals surface area contributed by atoms with Crippen molar-refractivity contribution < 1.29 is 29.0 Å². The Morgan fingerprint density at radius 3 is 2.65 bits per heavy atom. The highest BCUT2D eigenvalue weighted by molar-refractivity contribution is 6.17. The van der Waals surface area contributed by atoms with E-state index in [1.165, 1.54) is 31.3 Å². The SMILES string of the molecule is COCN1C(=O)C2CCC(=O)N2C(=O)c2cc(OC)c(O)cc21.